The molecular formula is C25H32F2N2O4S. The molecule has 0 saturated carbocycles. The molecule has 0 unspecified atom stereocenters. The molecule has 0 spiro atoms. The predicted octanol–water partition coefficient (Wildman–Crippen LogP) is 4.88. The van der Waals surface area contributed by atoms with Crippen LogP contribution in [0.15, 0.2) is 41.0 Å². The second-order valence-electron chi connectivity index (χ2n) is 8.52. The quantitative estimate of drug-likeness (QED) is 0.391. The van der Waals surface area contributed by atoms with Gasteiger partial charge in [0.15, 0.2) is 5.78 Å². The number of benzene rings is 1. The van der Waals surface area contributed by atoms with Gasteiger partial charge in [-0.15, -0.1) is 11.8 Å². The van der Waals surface area contributed by atoms with Gasteiger partial charge >= 0.3 is 0 Å². The third kappa shape index (κ3) is 8.93. The van der Waals surface area contributed by atoms with Crippen molar-refractivity contribution in [3.05, 3.63) is 59.6 Å². The number of amides is 2. The van der Waals surface area contributed by atoms with E-state index in [2.05, 4.69) is 10.6 Å². The van der Waals surface area contributed by atoms with Crippen LogP contribution in [0, 0.1) is 17.6 Å². The summed E-state index contributed by atoms with van der Waals surface area (Å²) in [6.45, 7) is 5.76. The molecule has 1 aromatic heterocycles. The maximum absolute atomic E-state index is 14.0. The van der Waals surface area contributed by atoms with E-state index < -0.39 is 35.5 Å². The van der Waals surface area contributed by atoms with Crippen LogP contribution in [0.4, 0.5) is 8.78 Å². The van der Waals surface area contributed by atoms with Crippen LogP contribution in [0.3, 0.4) is 0 Å². The summed E-state index contributed by atoms with van der Waals surface area (Å²) in [5, 5.41) is 5.33. The minimum atomic E-state index is -1.01. The molecule has 2 rings (SSSR count). The van der Waals surface area contributed by atoms with Gasteiger partial charge in [0, 0.05) is 6.07 Å². The minimum Gasteiger partial charge on any atom is -0.468 e. The number of hydrogen-bond acceptors (Lipinski definition) is 5. The van der Waals surface area contributed by atoms with Gasteiger partial charge in [0.1, 0.15) is 23.4 Å². The van der Waals surface area contributed by atoms with Gasteiger partial charge < -0.3 is 15.1 Å². The van der Waals surface area contributed by atoms with Gasteiger partial charge in [0.2, 0.25) is 5.91 Å². The van der Waals surface area contributed by atoms with Crippen LogP contribution in [-0.4, -0.2) is 35.4 Å². The maximum Gasteiger partial charge on any atom is 0.254 e. The van der Waals surface area contributed by atoms with Gasteiger partial charge in [-0.1, -0.05) is 33.6 Å². The lowest BCUT2D eigenvalue weighted by Crippen LogP contribution is -2.52. The zero-order chi connectivity index (χ0) is 25.1. The van der Waals surface area contributed by atoms with Crippen LogP contribution in [0.5, 0.6) is 0 Å². The molecule has 0 fully saturated rings. The molecule has 0 aliphatic carbocycles. The summed E-state index contributed by atoms with van der Waals surface area (Å²) in [4.78, 5) is 38.5. The molecule has 186 valence electrons. The summed E-state index contributed by atoms with van der Waals surface area (Å²) in [6.07, 6.45) is 3.96. The van der Waals surface area contributed by atoms with Crippen molar-refractivity contribution in [2.24, 2.45) is 5.92 Å². The molecule has 0 radical (unpaired) electrons. The Labute approximate surface area is 203 Å². The van der Waals surface area contributed by atoms with Gasteiger partial charge in [-0.05, 0) is 43.0 Å². The molecule has 0 bridgehead atoms. The third-order valence-corrected chi connectivity index (χ3v) is 6.10. The van der Waals surface area contributed by atoms with Crippen LogP contribution >= 0.6 is 11.8 Å². The Morgan fingerprint density at radius 2 is 1.85 bits per heavy atom. The number of halogens is 2. The Bertz CT molecular complexity index is 950. The Kier molecular flexibility index (Phi) is 11.3. The van der Waals surface area contributed by atoms with Crippen LogP contribution < -0.4 is 10.6 Å². The van der Waals surface area contributed by atoms with Gasteiger partial charge in [0.05, 0.1) is 29.4 Å². The summed E-state index contributed by atoms with van der Waals surface area (Å²) in [6, 6.07) is 4.59. The molecule has 6 nitrogen and oxygen atoms in total. The molecule has 2 amide bonds. The fraction of sp³-hybridized carbons (Fsp3) is 0.480. The van der Waals surface area contributed by atoms with Gasteiger partial charge in [-0.25, -0.2) is 8.78 Å². The van der Waals surface area contributed by atoms with E-state index in [0.717, 1.165) is 30.7 Å². The molecule has 1 heterocycles. The van der Waals surface area contributed by atoms with Crippen molar-refractivity contribution in [3.63, 3.8) is 0 Å². The molecule has 1 aromatic carbocycles. The SMILES string of the molecule is CCCC[C@H](NC(=O)[C@H](CC(C)C)NC(=O)c1ccc(F)cc1F)C(=O)CSCc1ccco1. The fourth-order valence-electron chi connectivity index (χ4n) is 3.35. The number of thioether (sulfide) groups is 1. The van der Waals surface area contributed by atoms with Gasteiger partial charge in [0.25, 0.3) is 5.91 Å². The largest absolute Gasteiger partial charge is 0.468 e. The minimum absolute atomic E-state index is 0.0442. The first-order valence-electron chi connectivity index (χ1n) is 11.4. The smallest absolute Gasteiger partial charge is 0.254 e. The number of furan rings is 1. The van der Waals surface area contributed by atoms with Crippen molar-refractivity contribution in [2.45, 2.75) is 64.3 Å². The van der Waals surface area contributed by atoms with Gasteiger partial charge in [-0.3, -0.25) is 14.4 Å². The van der Waals surface area contributed by atoms with E-state index >= 15 is 0 Å². The standard InChI is InChI=1S/C25H32F2N2O4S/c1-4-5-8-21(23(30)15-34-14-18-7-6-11-33-18)28-25(32)22(12-16(2)3)29-24(31)19-10-9-17(26)13-20(19)27/h6-7,9-11,13,16,21-22H,4-5,8,12,14-15H2,1-3H3,(H,28,32)(H,29,31)/t21-,22-/m0/s1. The van der Waals surface area contributed by atoms with Crippen molar-refractivity contribution < 1.29 is 27.6 Å². The van der Waals surface area contributed by atoms with Crippen LogP contribution in [0.25, 0.3) is 0 Å². The molecule has 34 heavy (non-hydrogen) atoms. The summed E-state index contributed by atoms with van der Waals surface area (Å²) in [5.74, 6) is -1.68. The van der Waals surface area contributed by atoms with Crippen LogP contribution in [0.1, 0.15) is 62.6 Å². The Hall–Kier alpha value is -2.68. The zero-order valence-corrected chi connectivity index (χ0v) is 20.6. The second kappa shape index (κ2) is 13.9. The first kappa shape index (κ1) is 27.6. The van der Waals surface area contributed by atoms with Crippen molar-refractivity contribution in [1.29, 1.82) is 0 Å². The lowest BCUT2D eigenvalue weighted by atomic mass is 10.0. The lowest BCUT2D eigenvalue weighted by molar-refractivity contribution is -0.128. The Morgan fingerprint density at radius 3 is 2.47 bits per heavy atom. The van der Waals surface area contributed by atoms with Crippen LogP contribution in [-0.2, 0) is 15.3 Å². The number of carbonyl (C=O) groups excluding carboxylic acids is 3. The van der Waals surface area contributed by atoms with E-state index in [9.17, 15) is 23.2 Å². The molecule has 0 aliphatic heterocycles. The summed E-state index contributed by atoms with van der Waals surface area (Å²) in [5.41, 5.74) is -0.351. The fourth-order valence-corrected chi connectivity index (χ4v) is 4.22. The highest BCUT2D eigenvalue weighted by Gasteiger charge is 2.28. The second-order valence-corrected chi connectivity index (χ2v) is 9.51. The maximum atomic E-state index is 14.0. The average Bonchev–Trinajstić information content (AvgIpc) is 3.29. The number of Topliss-reactive ketones (excluding diaryl/α,β-unsaturated/α-hetero) is 1. The molecule has 2 N–H and O–H groups in total. The number of unbranched alkanes of at least 4 members (excludes halogenated alkanes) is 1. The lowest BCUT2D eigenvalue weighted by Gasteiger charge is -2.24. The van der Waals surface area contributed by atoms with E-state index in [0.29, 0.717) is 24.7 Å². The number of carbonyl (C=O) groups is 3. The molecule has 0 aliphatic rings. The Balaban J connectivity index is 2.05. The molecular weight excluding hydrogens is 462 g/mol. The van der Waals surface area contributed by atoms with Gasteiger partial charge in [-0.2, -0.15) is 0 Å². The van der Waals surface area contributed by atoms with E-state index in [-0.39, 0.29) is 23.0 Å². The van der Waals surface area contributed by atoms with Crippen molar-refractivity contribution in [2.75, 3.05) is 5.75 Å². The van der Waals surface area contributed by atoms with Crippen molar-refractivity contribution >= 4 is 29.4 Å². The highest BCUT2D eigenvalue weighted by molar-refractivity contribution is 7.99. The highest BCUT2D eigenvalue weighted by Crippen LogP contribution is 2.16. The van der Waals surface area contributed by atoms with E-state index in [1.54, 1.807) is 12.3 Å². The number of hydrogen-bond donors (Lipinski definition) is 2. The van der Waals surface area contributed by atoms with Crippen molar-refractivity contribution in [3.8, 4) is 0 Å². The molecule has 9 heteroatoms. The molecule has 2 aromatic rings. The monoisotopic (exact) mass is 494 g/mol. The van der Waals surface area contributed by atoms with E-state index in [4.69, 9.17) is 4.42 Å². The number of nitrogens with one attached hydrogen (secondary N) is 2. The topological polar surface area (TPSA) is 88.4 Å². The zero-order valence-electron chi connectivity index (χ0n) is 19.7. The molecule has 0 saturated heterocycles. The number of ketones is 1. The third-order valence-electron chi connectivity index (χ3n) is 5.12. The summed E-state index contributed by atoms with van der Waals surface area (Å²) >= 11 is 1.40. The summed E-state index contributed by atoms with van der Waals surface area (Å²) < 4.78 is 32.5. The predicted molar refractivity (Wildman–Crippen MR) is 128 cm³/mol. The first-order valence-corrected chi connectivity index (χ1v) is 12.6. The first-order chi connectivity index (χ1) is 16.2. The van der Waals surface area contributed by atoms with Crippen LogP contribution in [0.2, 0.25) is 0 Å². The normalized spacial score (nSPS) is 12.9. The average molecular weight is 495 g/mol. The molecule has 2 atom stereocenters. The summed E-state index contributed by atoms with van der Waals surface area (Å²) in [7, 11) is 0. The van der Waals surface area contributed by atoms with E-state index in [1.165, 1.54) is 11.8 Å². The van der Waals surface area contributed by atoms with E-state index in [1.807, 2.05) is 26.8 Å². The highest BCUT2D eigenvalue weighted by atomic mass is 32.2. The Morgan fingerprint density at radius 1 is 1.09 bits per heavy atom. The van der Waals surface area contributed by atoms with Crippen molar-refractivity contribution in [1.82, 2.24) is 10.6 Å². The number of rotatable bonds is 14.